The maximum absolute atomic E-state index is 12.5. The summed E-state index contributed by atoms with van der Waals surface area (Å²) in [5, 5.41) is 5.28. The van der Waals surface area contributed by atoms with Crippen molar-refractivity contribution in [3.63, 3.8) is 0 Å². The monoisotopic (exact) mass is 464 g/mol. The number of hydrogen-bond acceptors (Lipinski definition) is 6. The second kappa shape index (κ2) is 11.4. The number of hydrogen-bond donors (Lipinski definition) is 2. The molecule has 3 amide bonds. The lowest BCUT2D eigenvalue weighted by Gasteiger charge is -2.39. The van der Waals surface area contributed by atoms with E-state index >= 15 is 0 Å². The molecule has 3 heterocycles. The Balaban J connectivity index is 1.19. The highest BCUT2D eigenvalue weighted by Crippen LogP contribution is 2.20. The van der Waals surface area contributed by atoms with Gasteiger partial charge in [-0.15, -0.1) is 0 Å². The highest BCUT2D eigenvalue weighted by Gasteiger charge is 2.26. The van der Waals surface area contributed by atoms with Gasteiger partial charge in [-0.2, -0.15) is 0 Å². The highest BCUT2D eigenvalue weighted by atomic mass is 16.2. The molecule has 2 fully saturated rings. The van der Waals surface area contributed by atoms with E-state index in [1.807, 2.05) is 50.4 Å². The van der Waals surface area contributed by atoms with Crippen LogP contribution in [0.15, 0.2) is 42.6 Å². The van der Waals surface area contributed by atoms with E-state index in [9.17, 15) is 9.59 Å². The van der Waals surface area contributed by atoms with Crippen LogP contribution in [0.3, 0.4) is 0 Å². The number of pyridine rings is 1. The number of carbonyl (C=O) groups excluding carboxylic acids is 2. The number of amides is 3. The van der Waals surface area contributed by atoms with Gasteiger partial charge in [0, 0.05) is 51.2 Å². The molecule has 34 heavy (non-hydrogen) atoms. The van der Waals surface area contributed by atoms with Crippen LogP contribution in [0.5, 0.6) is 0 Å². The number of imide groups is 1. The Morgan fingerprint density at radius 1 is 1.00 bits per heavy atom. The third-order valence-electron chi connectivity index (χ3n) is 6.94. The molecule has 2 aliphatic rings. The van der Waals surface area contributed by atoms with Crippen LogP contribution in [-0.4, -0.2) is 79.1 Å². The summed E-state index contributed by atoms with van der Waals surface area (Å²) in [5.41, 5.74) is 2.83. The molecule has 4 rings (SSSR count). The van der Waals surface area contributed by atoms with Crippen LogP contribution >= 0.6 is 0 Å². The van der Waals surface area contributed by atoms with E-state index in [2.05, 4.69) is 36.4 Å². The average molecular weight is 465 g/mol. The molecule has 2 saturated heterocycles. The molecule has 8 nitrogen and oxygen atoms in total. The number of aryl methyl sites for hydroxylation is 1. The van der Waals surface area contributed by atoms with Gasteiger partial charge in [-0.3, -0.25) is 19.9 Å². The Kier molecular flexibility index (Phi) is 8.13. The molecular weight excluding hydrogens is 428 g/mol. The number of piperazine rings is 1. The number of anilines is 2. The van der Waals surface area contributed by atoms with Crippen molar-refractivity contribution in [2.75, 3.05) is 62.6 Å². The summed E-state index contributed by atoms with van der Waals surface area (Å²) in [6.45, 7) is 11.1. The van der Waals surface area contributed by atoms with E-state index in [0.717, 1.165) is 74.9 Å². The maximum Gasteiger partial charge on any atom is 0.325 e. The first-order chi connectivity index (χ1) is 16.5. The highest BCUT2D eigenvalue weighted by molar-refractivity contribution is 6.02. The van der Waals surface area contributed by atoms with Crippen LogP contribution in [0, 0.1) is 19.8 Å². The lowest BCUT2D eigenvalue weighted by molar-refractivity contribution is -0.121. The Hall–Kier alpha value is -2.97. The summed E-state index contributed by atoms with van der Waals surface area (Å²) in [4.78, 5) is 36.3. The molecule has 8 heteroatoms. The molecule has 1 unspecified atom stereocenters. The van der Waals surface area contributed by atoms with E-state index in [4.69, 9.17) is 0 Å². The van der Waals surface area contributed by atoms with Gasteiger partial charge >= 0.3 is 6.03 Å². The van der Waals surface area contributed by atoms with Crippen molar-refractivity contribution in [3.05, 3.63) is 53.7 Å². The average Bonchev–Trinajstić information content (AvgIpc) is 2.83. The standard InChI is InChI=1S/C26H36N6O2/c1-20-7-5-9-23(21(20)2)28-26(34)29-25(33)19-31-12-6-8-22(18-31)17-30-13-15-32(16-14-30)24-10-3-4-11-27-24/h3-5,7,9-11,22H,6,8,12-19H2,1-2H3,(H2,28,29,33,34). The Morgan fingerprint density at radius 2 is 1.82 bits per heavy atom. The van der Waals surface area contributed by atoms with E-state index < -0.39 is 6.03 Å². The summed E-state index contributed by atoms with van der Waals surface area (Å²) >= 11 is 0. The first-order valence-electron chi connectivity index (χ1n) is 12.3. The van der Waals surface area contributed by atoms with Crippen LogP contribution in [0.4, 0.5) is 16.3 Å². The van der Waals surface area contributed by atoms with Crippen LogP contribution in [0.25, 0.3) is 0 Å². The first-order valence-corrected chi connectivity index (χ1v) is 12.3. The zero-order chi connectivity index (χ0) is 23.9. The van der Waals surface area contributed by atoms with Crippen molar-refractivity contribution in [3.8, 4) is 0 Å². The lowest BCUT2D eigenvalue weighted by Crippen LogP contribution is -2.50. The van der Waals surface area contributed by atoms with Crippen LogP contribution in [-0.2, 0) is 4.79 Å². The number of likely N-dealkylation sites (tertiary alicyclic amines) is 1. The van der Waals surface area contributed by atoms with E-state index in [1.165, 1.54) is 6.42 Å². The zero-order valence-electron chi connectivity index (χ0n) is 20.3. The van der Waals surface area contributed by atoms with Crippen molar-refractivity contribution in [1.29, 1.82) is 0 Å². The molecule has 0 radical (unpaired) electrons. The molecule has 2 aliphatic heterocycles. The summed E-state index contributed by atoms with van der Waals surface area (Å²) in [6.07, 6.45) is 4.12. The van der Waals surface area contributed by atoms with Gasteiger partial charge in [0.2, 0.25) is 5.91 Å². The Labute approximate surface area is 202 Å². The predicted octanol–water partition coefficient (Wildman–Crippen LogP) is 2.88. The number of urea groups is 1. The second-order valence-electron chi connectivity index (χ2n) is 9.47. The van der Waals surface area contributed by atoms with Gasteiger partial charge in [0.05, 0.1) is 6.54 Å². The van der Waals surface area contributed by atoms with Crippen molar-refractivity contribution < 1.29 is 9.59 Å². The topological polar surface area (TPSA) is 80.8 Å². The van der Waals surface area contributed by atoms with Gasteiger partial charge in [0.1, 0.15) is 5.82 Å². The Bertz CT molecular complexity index is 975. The molecule has 0 aliphatic carbocycles. The van der Waals surface area contributed by atoms with Gasteiger partial charge in [-0.05, 0) is 68.5 Å². The smallest absolute Gasteiger partial charge is 0.325 e. The predicted molar refractivity (Wildman–Crippen MR) is 135 cm³/mol. The molecule has 182 valence electrons. The van der Waals surface area contributed by atoms with Gasteiger partial charge in [-0.25, -0.2) is 9.78 Å². The number of benzene rings is 1. The number of aromatic nitrogens is 1. The van der Waals surface area contributed by atoms with Crippen molar-refractivity contribution >= 4 is 23.4 Å². The molecular formula is C26H36N6O2. The molecule has 1 aromatic heterocycles. The van der Waals surface area contributed by atoms with Gasteiger partial charge in [0.15, 0.2) is 0 Å². The molecule has 0 bridgehead atoms. The molecule has 0 spiro atoms. The number of nitrogens with zero attached hydrogens (tertiary/aromatic N) is 4. The molecule has 2 aromatic rings. The summed E-state index contributed by atoms with van der Waals surface area (Å²) in [6, 6.07) is 11.3. The normalized spacial score (nSPS) is 19.6. The number of nitrogens with one attached hydrogen (secondary N) is 2. The van der Waals surface area contributed by atoms with Gasteiger partial charge < -0.3 is 10.2 Å². The second-order valence-corrected chi connectivity index (χ2v) is 9.47. The fraction of sp³-hybridized carbons (Fsp3) is 0.500. The molecule has 1 atom stereocenters. The van der Waals surface area contributed by atoms with Gasteiger partial charge in [0.25, 0.3) is 0 Å². The summed E-state index contributed by atoms with van der Waals surface area (Å²) < 4.78 is 0. The van der Waals surface area contributed by atoms with E-state index in [-0.39, 0.29) is 12.5 Å². The molecule has 1 aromatic carbocycles. The SMILES string of the molecule is Cc1cccc(NC(=O)NC(=O)CN2CCCC(CN3CCN(c4ccccn4)CC3)C2)c1C. The van der Waals surface area contributed by atoms with E-state index in [0.29, 0.717) is 5.92 Å². The molecule has 2 N–H and O–H groups in total. The third kappa shape index (κ3) is 6.55. The van der Waals surface area contributed by atoms with Crippen LogP contribution in [0.2, 0.25) is 0 Å². The minimum absolute atomic E-state index is 0.254. The largest absolute Gasteiger partial charge is 0.354 e. The molecule has 0 saturated carbocycles. The quantitative estimate of drug-likeness (QED) is 0.684. The lowest BCUT2D eigenvalue weighted by atomic mass is 9.97. The third-order valence-corrected chi connectivity index (χ3v) is 6.94. The van der Waals surface area contributed by atoms with Gasteiger partial charge in [-0.1, -0.05) is 18.2 Å². The van der Waals surface area contributed by atoms with Crippen molar-refractivity contribution in [2.24, 2.45) is 5.92 Å². The fourth-order valence-corrected chi connectivity index (χ4v) is 4.92. The maximum atomic E-state index is 12.5. The van der Waals surface area contributed by atoms with Crippen LogP contribution in [0.1, 0.15) is 24.0 Å². The summed E-state index contributed by atoms with van der Waals surface area (Å²) in [7, 11) is 0. The zero-order valence-corrected chi connectivity index (χ0v) is 20.3. The number of rotatable bonds is 6. The van der Waals surface area contributed by atoms with E-state index in [1.54, 1.807) is 0 Å². The van der Waals surface area contributed by atoms with Crippen molar-refractivity contribution in [1.82, 2.24) is 20.1 Å². The summed E-state index contributed by atoms with van der Waals surface area (Å²) in [5.74, 6) is 1.35. The Morgan fingerprint density at radius 3 is 2.59 bits per heavy atom. The number of piperidine rings is 1. The number of carbonyl (C=O) groups is 2. The first kappa shape index (κ1) is 24.2. The fourth-order valence-electron chi connectivity index (χ4n) is 4.92. The minimum atomic E-state index is -0.474. The van der Waals surface area contributed by atoms with Crippen molar-refractivity contribution in [2.45, 2.75) is 26.7 Å². The minimum Gasteiger partial charge on any atom is -0.354 e. The van der Waals surface area contributed by atoms with Crippen LogP contribution < -0.4 is 15.5 Å².